The van der Waals surface area contributed by atoms with Crippen molar-refractivity contribution in [2.75, 3.05) is 13.2 Å². The van der Waals surface area contributed by atoms with Gasteiger partial charge in [-0.15, -0.1) is 0 Å². The molecule has 2 aromatic rings. The van der Waals surface area contributed by atoms with Crippen LogP contribution >= 0.6 is 0 Å². The van der Waals surface area contributed by atoms with Crippen molar-refractivity contribution in [2.24, 2.45) is 5.92 Å². The van der Waals surface area contributed by atoms with Gasteiger partial charge in [-0.2, -0.15) is 0 Å². The lowest BCUT2D eigenvalue weighted by atomic mass is 9.94. The van der Waals surface area contributed by atoms with Crippen molar-refractivity contribution in [3.8, 4) is 11.8 Å². The summed E-state index contributed by atoms with van der Waals surface area (Å²) in [6.07, 6.45) is 2.27. The number of rotatable bonds is 6. The molecule has 2 fully saturated rings. The number of amides is 3. The maximum Gasteiger partial charge on any atom is 0.418 e. The van der Waals surface area contributed by atoms with E-state index < -0.39 is 17.6 Å². The smallest absolute Gasteiger partial charge is 0.418 e. The average Bonchev–Trinajstić information content (AvgIpc) is 3.62. The van der Waals surface area contributed by atoms with Gasteiger partial charge in [-0.25, -0.2) is 9.69 Å². The van der Waals surface area contributed by atoms with Crippen LogP contribution in [0, 0.1) is 17.8 Å². The summed E-state index contributed by atoms with van der Waals surface area (Å²) in [5, 5.41) is 8.93. The zero-order valence-electron chi connectivity index (χ0n) is 19.7. The van der Waals surface area contributed by atoms with Gasteiger partial charge in [-0.3, -0.25) is 9.59 Å². The molecular weight excluding hydrogens is 444 g/mol. The van der Waals surface area contributed by atoms with Gasteiger partial charge in [-0.05, 0) is 55.4 Å². The van der Waals surface area contributed by atoms with Crippen LogP contribution in [-0.2, 0) is 32.9 Å². The molecule has 3 amide bonds. The highest BCUT2D eigenvalue weighted by Crippen LogP contribution is 2.45. The normalized spacial score (nSPS) is 21.4. The number of aliphatic hydroxyl groups excluding tert-OH is 1. The molecule has 1 saturated heterocycles. The van der Waals surface area contributed by atoms with E-state index in [-0.39, 0.29) is 25.1 Å². The summed E-state index contributed by atoms with van der Waals surface area (Å²) >= 11 is 0. The summed E-state index contributed by atoms with van der Waals surface area (Å²) in [5.74, 6) is 5.18. The molecular formula is C28H28N2O5. The molecule has 1 saturated carbocycles. The molecule has 35 heavy (non-hydrogen) atoms. The average molecular weight is 473 g/mol. The largest absolute Gasteiger partial charge is 0.427 e. The summed E-state index contributed by atoms with van der Waals surface area (Å²) in [6, 6.07) is 15.1. The molecule has 2 aromatic carbocycles. The van der Waals surface area contributed by atoms with Crippen LogP contribution in [0.3, 0.4) is 0 Å². The van der Waals surface area contributed by atoms with Crippen molar-refractivity contribution >= 4 is 17.9 Å². The third-order valence-corrected chi connectivity index (χ3v) is 7.28. The SMILES string of the molecule is C[C@@H](C1CC1)N(Cc1ccccc1)C(=O)CN1C(=O)OC2(CCc3cc(C#CCO)ccc32)C1=O. The fourth-order valence-corrected chi connectivity index (χ4v) is 5.17. The summed E-state index contributed by atoms with van der Waals surface area (Å²) in [6.45, 7) is 1.90. The van der Waals surface area contributed by atoms with Crippen LogP contribution in [0.2, 0.25) is 0 Å². The second-order valence-corrected chi connectivity index (χ2v) is 9.50. The molecule has 0 bridgehead atoms. The summed E-state index contributed by atoms with van der Waals surface area (Å²) in [5.41, 5.74) is 1.88. The summed E-state index contributed by atoms with van der Waals surface area (Å²) in [4.78, 5) is 42.6. The van der Waals surface area contributed by atoms with E-state index in [0.29, 0.717) is 30.9 Å². The minimum atomic E-state index is -1.39. The molecule has 1 heterocycles. The topological polar surface area (TPSA) is 87.2 Å². The second-order valence-electron chi connectivity index (χ2n) is 9.50. The van der Waals surface area contributed by atoms with E-state index in [1.165, 1.54) is 0 Å². The number of hydrogen-bond donors (Lipinski definition) is 1. The molecule has 1 N–H and O–H groups in total. The first-order valence-electron chi connectivity index (χ1n) is 12.0. The third-order valence-electron chi connectivity index (χ3n) is 7.28. The van der Waals surface area contributed by atoms with E-state index in [1.807, 2.05) is 43.3 Å². The molecule has 1 spiro atoms. The van der Waals surface area contributed by atoms with Gasteiger partial charge in [0.2, 0.25) is 11.5 Å². The highest BCUT2D eigenvalue weighted by atomic mass is 16.6. The Hall–Kier alpha value is -3.63. The molecule has 7 nitrogen and oxygen atoms in total. The minimum Gasteiger partial charge on any atom is -0.427 e. The Kier molecular flexibility index (Phi) is 6.08. The Morgan fingerprint density at radius 2 is 2.00 bits per heavy atom. The van der Waals surface area contributed by atoms with Crippen LogP contribution in [0.15, 0.2) is 48.5 Å². The first-order chi connectivity index (χ1) is 16.9. The lowest BCUT2D eigenvalue weighted by Gasteiger charge is -2.30. The zero-order valence-corrected chi connectivity index (χ0v) is 19.7. The number of hydrogen-bond acceptors (Lipinski definition) is 5. The molecule has 1 unspecified atom stereocenters. The maximum absolute atomic E-state index is 13.5. The third kappa shape index (κ3) is 4.30. The van der Waals surface area contributed by atoms with Crippen LogP contribution in [-0.4, -0.2) is 52.0 Å². The molecule has 5 rings (SSSR count). The standard InChI is InChI=1S/C28H28N2O5/c1-19(22-10-11-22)29(17-21-6-3-2-4-7-21)25(32)18-30-26(33)28(35-27(30)34)14-13-23-16-20(8-5-15-31)9-12-24(23)28/h2-4,6-7,9,12,16,19,22,31H,10-11,13-15,17-18H2,1H3/t19-,28?/m0/s1. The lowest BCUT2D eigenvalue weighted by Crippen LogP contribution is -2.47. The van der Waals surface area contributed by atoms with Crippen LogP contribution in [0.5, 0.6) is 0 Å². The first kappa shape index (κ1) is 23.1. The molecule has 2 atom stereocenters. The summed E-state index contributed by atoms with van der Waals surface area (Å²) in [7, 11) is 0. The van der Waals surface area contributed by atoms with Gasteiger partial charge in [0.05, 0.1) is 0 Å². The van der Waals surface area contributed by atoms with Crippen molar-refractivity contribution < 1.29 is 24.2 Å². The molecule has 7 heteroatoms. The van der Waals surface area contributed by atoms with Crippen molar-refractivity contribution in [3.05, 3.63) is 70.8 Å². The number of ether oxygens (including phenoxy) is 1. The fraction of sp³-hybridized carbons (Fsp3) is 0.393. The molecule has 3 aliphatic rings. The van der Waals surface area contributed by atoms with E-state index in [9.17, 15) is 14.4 Å². The van der Waals surface area contributed by atoms with E-state index in [4.69, 9.17) is 9.84 Å². The lowest BCUT2D eigenvalue weighted by molar-refractivity contribution is -0.143. The maximum atomic E-state index is 13.5. The Bertz CT molecular complexity index is 1230. The van der Waals surface area contributed by atoms with Crippen LogP contribution in [0.25, 0.3) is 0 Å². The van der Waals surface area contributed by atoms with Crippen molar-refractivity contribution in [1.29, 1.82) is 0 Å². The highest BCUT2D eigenvalue weighted by molar-refractivity contribution is 6.06. The van der Waals surface area contributed by atoms with Gasteiger partial charge in [0.25, 0.3) is 5.91 Å². The number of carbonyl (C=O) groups excluding carboxylic acids is 3. The van der Waals surface area contributed by atoms with E-state index in [1.54, 1.807) is 17.0 Å². The molecule has 2 aliphatic carbocycles. The number of carbonyl (C=O) groups is 3. The monoisotopic (exact) mass is 472 g/mol. The number of fused-ring (bicyclic) bond motifs is 2. The minimum absolute atomic E-state index is 0.0241. The van der Waals surface area contributed by atoms with Crippen molar-refractivity contribution in [1.82, 2.24) is 9.80 Å². The summed E-state index contributed by atoms with van der Waals surface area (Å²) < 4.78 is 5.69. The van der Waals surface area contributed by atoms with Crippen molar-refractivity contribution in [2.45, 2.75) is 50.8 Å². The highest BCUT2D eigenvalue weighted by Gasteiger charge is 2.58. The van der Waals surface area contributed by atoms with Gasteiger partial charge in [0.1, 0.15) is 13.2 Å². The predicted molar refractivity (Wildman–Crippen MR) is 128 cm³/mol. The Balaban J connectivity index is 1.36. The number of imide groups is 1. The Labute approximate surface area is 204 Å². The number of aliphatic hydroxyl groups is 1. The molecule has 0 aromatic heterocycles. The number of benzene rings is 2. The van der Waals surface area contributed by atoms with E-state index >= 15 is 0 Å². The molecule has 1 aliphatic heterocycles. The van der Waals surface area contributed by atoms with Gasteiger partial charge in [-0.1, -0.05) is 48.2 Å². The molecule has 0 radical (unpaired) electrons. The Morgan fingerprint density at radius 1 is 1.23 bits per heavy atom. The van der Waals surface area contributed by atoms with E-state index in [0.717, 1.165) is 34.4 Å². The quantitative estimate of drug-likeness (QED) is 0.654. The first-order valence-corrected chi connectivity index (χ1v) is 12.0. The van der Waals surface area contributed by atoms with E-state index in [2.05, 4.69) is 11.8 Å². The zero-order chi connectivity index (χ0) is 24.6. The van der Waals surface area contributed by atoms with Crippen LogP contribution in [0.4, 0.5) is 4.79 Å². The van der Waals surface area contributed by atoms with Crippen LogP contribution in [0.1, 0.15) is 48.4 Å². The van der Waals surface area contributed by atoms with Gasteiger partial charge in [0, 0.05) is 30.1 Å². The predicted octanol–water partition coefficient (Wildman–Crippen LogP) is 2.98. The second kappa shape index (κ2) is 9.20. The fourth-order valence-electron chi connectivity index (χ4n) is 5.17. The number of aryl methyl sites for hydroxylation is 1. The Morgan fingerprint density at radius 3 is 2.71 bits per heavy atom. The van der Waals surface area contributed by atoms with Gasteiger partial charge >= 0.3 is 6.09 Å². The van der Waals surface area contributed by atoms with Crippen LogP contribution < -0.4 is 0 Å². The molecule has 180 valence electrons. The van der Waals surface area contributed by atoms with Gasteiger partial charge in [0.15, 0.2) is 0 Å². The number of nitrogens with zero attached hydrogens (tertiary/aromatic N) is 2. The van der Waals surface area contributed by atoms with Gasteiger partial charge < -0.3 is 14.7 Å². The van der Waals surface area contributed by atoms with Crippen molar-refractivity contribution in [3.63, 3.8) is 0 Å².